The van der Waals surface area contributed by atoms with Gasteiger partial charge in [-0.25, -0.2) is 4.98 Å². The molecule has 0 aliphatic rings. The van der Waals surface area contributed by atoms with Gasteiger partial charge in [0.25, 0.3) is 0 Å². The van der Waals surface area contributed by atoms with E-state index in [2.05, 4.69) is 15.0 Å². The molecule has 2 rings (SSSR count). The van der Waals surface area contributed by atoms with Crippen LogP contribution in [0, 0.1) is 24.0 Å². The summed E-state index contributed by atoms with van der Waals surface area (Å²) < 4.78 is 28.9. The van der Waals surface area contributed by atoms with Gasteiger partial charge in [-0.2, -0.15) is 8.78 Å². The topological polar surface area (TPSA) is 77.3 Å². The van der Waals surface area contributed by atoms with Crippen LogP contribution in [0.4, 0.5) is 20.2 Å². The smallest absolute Gasteiger partial charge is 0.387 e. The molecule has 0 spiro atoms. The van der Waals surface area contributed by atoms with Crippen molar-refractivity contribution in [3.8, 4) is 5.75 Å². The standard InChI is InChI=1S/C14H15F2N3O3S/c1-8-13(23-9(2)18-8)5-6-17-10-3-4-11(19(20)21)12(7-10)22-14(15)16/h3-4,7,14,17H,5-6H2,1-2H3. The fraction of sp³-hybridized carbons (Fsp3) is 0.357. The Morgan fingerprint density at radius 2 is 2.17 bits per heavy atom. The molecule has 0 aliphatic carbocycles. The highest BCUT2D eigenvalue weighted by molar-refractivity contribution is 7.11. The Labute approximate surface area is 135 Å². The van der Waals surface area contributed by atoms with E-state index in [-0.39, 0.29) is 0 Å². The highest BCUT2D eigenvalue weighted by atomic mass is 32.1. The zero-order valence-corrected chi connectivity index (χ0v) is 13.3. The van der Waals surface area contributed by atoms with E-state index in [9.17, 15) is 18.9 Å². The van der Waals surface area contributed by atoms with Crippen molar-refractivity contribution in [3.63, 3.8) is 0 Å². The lowest BCUT2D eigenvalue weighted by Crippen LogP contribution is -2.07. The number of nitro groups is 1. The first-order valence-corrected chi connectivity index (χ1v) is 7.58. The maximum atomic E-state index is 12.3. The molecule has 0 bridgehead atoms. The molecule has 0 saturated carbocycles. The molecule has 0 atom stereocenters. The molecule has 23 heavy (non-hydrogen) atoms. The van der Waals surface area contributed by atoms with Gasteiger partial charge in [0.1, 0.15) is 0 Å². The number of thiazole rings is 1. The molecule has 0 unspecified atom stereocenters. The second kappa shape index (κ2) is 7.32. The molecule has 0 saturated heterocycles. The van der Waals surface area contributed by atoms with Gasteiger partial charge in [-0.15, -0.1) is 11.3 Å². The van der Waals surface area contributed by atoms with Crippen molar-refractivity contribution in [1.29, 1.82) is 0 Å². The van der Waals surface area contributed by atoms with Crippen LogP contribution in [0.2, 0.25) is 0 Å². The number of nitrogens with one attached hydrogen (secondary N) is 1. The molecule has 0 fully saturated rings. The number of hydrogen-bond donors (Lipinski definition) is 1. The van der Waals surface area contributed by atoms with Gasteiger partial charge in [0, 0.05) is 35.7 Å². The molecule has 1 heterocycles. The predicted octanol–water partition coefficient (Wildman–Crippen LogP) is 3.92. The molecule has 2 aromatic rings. The summed E-state index contributed by atoms with van der Waals surface area (Å²) >= 11 is 1.60. The van der Waals surface area contributed by atoms with Crippen LogP contribution < -0.4 is 10.1 Å². The van der Waals surface area contributed by atoms with Gasteiger partial charge >= 0.3 is 12.3 Å². The summed E-state index contributed by atoms with van der Waals surface area (Å²) in [6.45, 7) is 1.29. The minimum atomic E-state index is -3.12. The lowest BCUT2D eigenvalue weighted by atomic mass is 10.2. The molecule has 0 aliphatic heterocycles. The first-order chi connectivity index (χ1) is 10.9. The molecule has 9 heteroatoms. The van der Waals surface area contributed by atoms with E-state index in [4.69, 9.17) is 0 Å². The van der Waals surface area contributed by atoms with E-state index in [1.807, 2.05) is 13.8 Å². The Bertz CT molecular complexity index is 707. The highest BCUT2D eigenvalue weighted by Crippen LogP contribution is 2.31. The number of hydrogen-bond acceptors (Lipinski definition) is 6. The molecule has 6 nitrogen and oxygen atoms in total. The Balaban J connectivity index is 2.05. The fourth-order valence-corrected chi connectivity index (χ4v) is 3.03. The summed E-state index contributed by atoms with van der Waals surface area (Å²) in [5.74, 6) is -0.459. The van der Waals surface area contributed by atoms with Crippen molar-refractivity contribution in [2.75, 3.05) is 11.9 Å². The second-order valence-corrected chi connectivity index (χ2v) is 6.02. The number of nitro benzene ring substituents is 1. The van der Waals surface area contributed by atoms with Crippen LogP contribution in [0.3, 0.4) is 0 Å². The van der Waals surface area contributed by atoms with E-state index in [0.717, 1.165) is 28.1 Å². The zero-order valence-electron chi connectivity index (χ0n) is 12.5. The average molecular weight is 343 g/mol. The van der Waals surface area contributed by atoms with E-state index in [1.165, 1.54) is 12.1 Å². The number of aryl methyl sites for hydroxylation is 2. The van der Waals surface area contributed by atoms with E-state index in [0.29, 0.717) is 12.2 Å². The maximum Gasteiger partial charge on any atom is 0.387 e. The van der Waals surface area contributed by atoms with Crippen molar-refractivity contribution in [2.45, 2.75) is 26.9 Å². The lowest BCUT2D eigenvalue weighted by molar-refractivity contribution is -0.386. The number of rotatable bonds is 7. The zero-order chi connectivity index (χ0) is 17.0. The SMILES string of the molecule is Cc1nc(C)c(CCNc2ccc([N+](=O)[O-])c(OC(F)F)c2)s1. The average Bonchev–Trinajstić information content (AvgIpc) is 2.76. The Kier molecular flexibility index (Phi) is 5.43. The number of aromatic nitrogens is 1. The summed E-state index contributed by atoms with van der Waals surface area (Å²) in [6, 6.07) is 3.80. The molecule has 1 N–H and O–H groups in total. The quantitative estimate of drug-likeness (QED) is 0.609. The molecular formula is C14H15F2N3O3S. The van der Waals surface area contributed by atoms with Crippen LogP contribution in [0.1, 0.15) is 15.6 Å². The van der Waals surface area contributed by atoms with Crippen molar-refractivity contribution < 1.29 is 18.4 Å². The Hall–Kier alpha value is -2.29. The Morgan fingerprint density at radius 3 is 2.74 bits per heavy atom. The summed E-state index contributed by atoms with van der Waals surface area (Å²) in [6.07, 6.45) is 0.722. The van der Waals surface area contributed by atoms with Gasteiger partial charge in [-0.3, -0.25) is 10.1 Å². The van der Waals surface area contributed by atoms with Gasteiger partial charge in [0.15, 0.2) is 0 Å². The third-order valence-corrected chi connectivity index (χ3v) is 4.19. The number of alkyl halides is 2. The van der Waals surface area contributed by atoms with Crippen LogP contribution in [0.15, 0.2) is 18.2 Å². The predicted molar refractivity (Wildman–Crippen MR) is 83.5 cm³/mol. The Morgan fingerprint density at radius 1 is 1.43 bits per heavy atom. The summed E-state index contributed by atoms with van der Waals surface area (Å²) in [5, 5.41) is 14.8. The number of halogens is 2. The van der Waals surface area contributed by atoms with Crippen LogP contribution in [-0.2, 0) is 6.42 Å². The minimum absolute atomic E-state index is 0.459. The third kappa shape index (κ3) is 4.59. The summed E-state index contributed by atoms with van der Waals surface area (Å²) in [4.78, 5) is 15.5. The van der Waals surface area contributed by atoms with E-state index < -0.39 is 23.0 Å². The molecule has 0 radical (unpaired) electrons. The van der Waals surface area contributed by atoms with Gasteiger partial charge in [0.05, 0.1) is 15.6 Å². The van der Waals surface area contributed by atoms with Crippen molar-refractivity contribution >= 4 is 22.7 Å². The number of benzene rings is 1. The van der Waals surface area contributed by atoms with Gasteiger partial charge in [-0.05, 0) is 19.9 Å². The van der Waals surface area contributed by atoms with Crippen molar-refractivity contribution in [1.82, 2.24) is 4.98 Å². The molecule has 1 aromatic heterocycles. The van der Waals surface area contributed by atoms with Crippen molar-refractivity contribution in [2.24, 2.45) is 0 Å². The largest absolute Gasteiger partial charge is 0.427 e. The normalized spacial score (nSPS) is 10.8. The lowest BCUT2D eigenvalue weighted by Gasteiger charge is -2.09. The molecule has 0 amide bonds. The summed E-state index contributed by atoms with van der Waals surface area (Å²) in [7, 11) is 0. The minimum Gasteiger partial charge on any atom is -0.427 e. The van der Waals surface area contributed by atoms with Gasteiger partial charge in [-0.1, -0.05) is 0 Å². The van der Waals surface area contributed by atoms with Gasteiger partial charge in [0.2, 0.25) is 5.75 Å². The van der Waals surface area contributed by atoms with E-state index in [1.54, 1.807) is 11.3 Å². The highest BCUT2D eigenvalue weighted by Gasteiger charge is 2.19. The number of anilines is 1. The number of nitrogens with zero attached hydrogens (tertiary/aromatic N) is 2. The van der Waals surface area contributed by atoms with Crippen LogP contribution in [0.5, 0.6) is 5.75 Å². The maximum absolute atomic E-state index is 12.3. The summed E-state index contributed by atoms with van der Waals surface area (Å²) in [5.41, 5.74) is 0.953. The monoisotopic (exact) mass is 343 g/mol. The number of ether oxygens (including phenoxy) is 1. The fourth-order valence-electron chi connectivity index (χ4n) is 2.09. The van der Waals surface area contributed by atoms with Crippen LogP contribution in [-0.4, -0.2) is 23.1 Å². The van der Waals surface area contributed by atoms with E-state index >= 15 is 0 Å². The first kappa shape index (κ1) is 17.1. The van der Waals surface area contributed by atoms with Crippen molar-refractivity contribution in [3.05, 3.63) is 43.9 Å². The van der Waals surface area contributed by atoms with Gasteiger partial charge < -0.3 is 10.1 Å². The molecule has 124 valence electrons. The molecular weight excluding hydrogens is 328 g/mol. The van der Waals surface area contributed by atoms with Crippen LogP contribution in [0.25, 0.3) is 0 Å². The first-order valence-electron chi connectivity index (χ1n) is 6.77. The third-order valence-electron chi connectivity index (χ3n) is 3.05. The second-order valence-electron chi connectivity index (χ2n) is 4.74. The van der Waals surface area contributed by atoms with Crippen LogP contribution >= 0.6 is 11.3 Å². The molecule has 1 aromatic carbocycles.